The summed E-state index contributed by atoms with van der Waals surface area (Å²) in [4.78, 5) is 0. The smallest absolute Gasteiger partial charge is 0.136 e. The average molecular weight is 278 g/mol. The van der Waals surface area contributed by atoms with Gasteiger partial charge in [-0.15, -0.1) is 0 Å². The lowest BCUT2D eigenvalue weighted by atomic mass is 10.0. The minimum atomic E-state index is -0.929. The molecule has 1 aromatic carbocycles. The normalized spacial score (nSPS) is 12.9. The third-order valence-corrected chi connectivity index (χ3v) is 2.83. The van der Waals surface area contributed by atoms with E-state index in [1.54, 1.807) is 7.05 Å². The fourth-order valence-corrected chi connectivity index (χ4v) is 1.84. The van der Waals surface area contributed by atoms with E-state index in [9.17, 15) is 14.6 Å². The zero-order chi connectivity index (χ0) is 11.6. The number of hydrogen-bond donors (Lipinski definition) is 3. The lowest BCUT2D eigenvalue weighted by Crippen LogP contribution is -2.18. The molecule has 3 nitrogen and oxygen atoms in total. The predicted molar refractivity (Wildman–Crippen MR) is 59.4 cm³/mol. The highest BCUT2D eigenvalue weighted by Gasteiger charge is 2.19. The van der Waals surface area contributed by atoms with E-state index >= 15 is 0 Å². The summed E-state index contributed by atoms with van der Waals surface area (Å²) in [6, 6.07) is 1.18. The molecule has 0 spiro atoms. The van der Waals surface area contributed by atoms with Crippen molar-refractivity contribution in [3.05, 3.63) is 27.5 Å². The second-order valence-corrected chi connectivity index (χ2v) is 4.16. The van der Waals surface area contributed by atoms with Crippen molar-refractivity contribution in [1.29, 1.82) is 0 Å². The van der Waals surface area contributed by atoms with Gasteiger partial charge in [-0.25, -0.2) is 4.39 Å². The minimum Gasteiger partial charge on any atom is -0.506 e. The van der Waals surface area contributed by atoms with Gasteiger partial charge < -0.3 is 15.5 Å². The van der Waals surface area contributed by atoms with Crippen molar-refractivity contribution in [3.8, 4) is 5.75 Å². The first-order valence-corrected chi connectivity index (χ1v) is 5.28. The summed E-state index contributed by atoms with van der Waals surface area (Å²) < 4.78 is 13.6. The molecule has 0 heterocycles. The summed E-state index contributed by atoms with van der Waals surface area (Å²) in [5, 5.41) is 22.2. The maximum Gasteiger partial charge on any atom is 0.136 e. The molecule has 3 N–H and O–H groups in total. The highest BCUT2D eigenvalue weighted by Crippen LogP contribution is 2.35. The van der Waals surface area contributed by atoms with Gasteiger partial charge in [-0.1, -0.05) is 0 Å². The first kappa shape index (κ1) is 12.4. The number of hydrogen-bond acceptors (Lipinski definition) is 3. The van der Waals surface area contributed by atoms with E-state index < -0.39 is 11.9 Å². The zero-order valence-corrected chi connectivity index (χ0v) is 10.1. The van der Waals surface area contributed by atoms with Gasteiger partial charge in [-0.05, 0) is 41.5 Å². The second kappa shape index (κ2) is 4.92. The fourth-order valence-electron chi connectivity index (χ4n) is 1.43. The molecule has 0 bridgehead atoms. The van der Waals surface area contributed by atoms with Gasteiger partial charge in [0.1, 0.15) is 11.6 Å². The molecule has 0 saturated carbocycles. The topological polar surface area (TPSA) is 52.5 Å². The summed E-state index contributed by atoms with van der Waals surface area (Å²) in [6.45, 7) is 1.78. The van der Waals surface area contributed by atoms with Crippen LogP contribution in [0.2, 0.25) is 0 Å². The number of aromatic hydroxyl groups is 1. The number of nitrogens with one attached hydrogen (secondary N) is 1. The van der Waals surface area contributed by atoms with Crippen LogP contribution in [0.1, 0.15) is 17.2 Å². The molecule has 0 saturated heterocycles. The monoisotopic (exact) mass is 277 g/mol. The highest BCUT2D eigenvalue weighted by molar-refractivity contribution is 9.10. The van der Waals surface area contributed by atoms with Crippen molar-refractivity contribution in [2.24, 2.45) is 0 Å². The molecular formula is C10H13BrFNO2. The first-order valence-electron chi connectivity index (χ1n) is 4.49. The Hall–Kier alpha value is -0.650. The summed E-state index contributed by atoms with van der Waals surface area (Å²) in [7, 11) is 1.67. The maximum atomic E-state index is 13.3. The highest BCUT2D eigenvalue weighted by atomic mass is 79.9. The Morgan fingerprint density at radius 2 is 2.20 bits per heavy atom. The molecule has 0 aliphatic heterocycles. The molecule has 15 heavy (non-hydrogen) atoms. The predicted octanol–water partition coefficient (Wildman–Crippen LogP) is 1.86. The summed E-state index contributed by atoms with van der Waals surface area (Å²) in [5.41, 5.74) is 0.481. The van der Waals surface area contributed by atoms with Crippen LogP contribution in [0.15, 0.2) is 10.5 Å². The van der Waals surface area contributed by atoms with Gasteiger partial charge in [-0.3, -0.25) is 0 Å². The summed E-state index contributed by atoms with van der Waals surface area (Å²) in [5.74, 6) is -0.568. The van der Waals surface area contributed by atoms with Gasteiger partial charge >= 0.3 is 0 Å². The Labute approximate surface area is 96.1 Å². The lowest BCUT2D eigenvalue weighted by molar-refractivity contribution is 0.172. The Morgan fingerprint density at radius 3 is 2.73 bits per heavy atom. The SMILES string of the molecule is CNCC(O)c1c(C)c(F)cc(Br)c1O. The first-order chi connectivity index (χ1) is 6.99. The molecule has 1 aromatic rings. The van der Waals surface area contributed by atoms with E-state index in [-0.39, 0.29) is 27.9 Å². The largest absolute Gasteiger partial charge is 0.506 e. The van der Waals surface area contributed by atoms with Gasteiger partial charge in [-0.2, -0.15) is 0 Å². The van der Waals surface area contributed by atoms with Crippen LogP contribution in [0.3, 0.4) is 0 Å². The minimum absolute atomic E-state index is 0.114. The Balaban J connectivity index is 3.26. The van der Waals surface area contributed by atoms with Gasteiger partial charge in [0.2, 0.25) is 0 Å². The van der Waals surface area contributed by atoms with Crippen LogP contribution in [0.5, 0.6) is 5.75 Å². The number of aliphatic hydroxyl groups excluding tert-OH is 1. The molecule has 0 amide bonds. The second-order valence-electron chi connectivity index (χ2n) is 3.30. The van der Waals surface area contributed by atoms with E-state index in [2.05, 4.69) is 21.2 Å². The third kappa shape index (κ3) is 2.48. The van der Waals surface area contributed by atoms with E-state index in [1.165, 1.54) is 13.0 Å². The molecule has 0 fully saturated rings. The fraction of sp³-hybridized carbons (Fsp3) is 0.400. The molecule has 1 atom stereocenters. The quantitative estimate of drug-likeness (QED) is 0.791. The van der Waals surface area contributed by atoms with Crippen LogP contribution in [-0.2, 0) is 0 Å². The Kier molecular flexibility index (Phi) is 4.07. The van der Waals surface area contributed by atoms with Gasteiger partial charge in [0.05, 0.1) is 10.6 Å². The van der Waals surface area contributed by atoms with Crippen LogP contribution >= 0.6 is 15.9 Å². The van der Waals surface area contributed by atoms with Crippen molar-refractivity contribution < 1.29 is 14.6 Å². The van der Waals surface area contributed by atoms with Crippen LogP contribution in [-0.4, -0.2) is 23.8 Å². The van der Waals surface area contributed by atoms with E-state index in [0.29, 0.717) is 0 Å². The lowest BCUT2D eigenvalue weighted by Gasteiger charge is -2.16. The maximum absolute atomic E-state index is 13.3. The van der Waals surface area contributed by atoms with Gasteiger partial charge in [0.25, 0.3) is 0 Å². The van der Waals surface area contributed by atoms with Crippen molar-refractivity contribution in [1.82, 2.24) is 5.32 Å². The molecule has 5 heteroatoms. The summed E-state index contributed by atoms with van der Waals surface area (Å²) >= 11 is 3.03. The summed E-state index contributed by atoms with van der Waals surface area (Å²) in [6.07, 6.45) is -0.929. The molecular weight excluding hydrogens is 265 g/mol. The van der Waals surface area contributed by atoms with Gasteiger partial charge in [0, 0.05) is 12.1 Å². The number of halogens is 2. The average Bonchev–Trinajstić information content (AvgIpc) is 2.16. The Morgan fingerprint density at radius 1 is 1.60 bits per heavy atom. The Bertz CT molecular complexity index is 345. The molecule has 0 aromatic heterocycles. The van der Waals surface area contributed by atoms with Crippen LogP contribution in [0, 0.1) is 12.7 Å². The van der Waals surface area contributed by atoms with E-state index in [1.807, 2.05) is 0 Å². The van der Waals surface area contributed by atoms with Gasteiger partial charge in [0.15, 0.2) is 0 Å². The van der Waals surface area contributed by atoms with Crippen molar-refractivity contribution in [2.75, 3.05) is 13.6 Å². The molecule has 1 unspecified atom stereocenters. The molecule has 84 valence electrons. The number of phenols is 1. The molecule has 0 aliphatic carbocycles. The van der Waals surface area contributed by atoms with Crippen LogP contribution < -0.4 is 5.32 Å². The third-order valence-electron chi connectivity index (χ3n) is 2.23. The van der Waals surface area contributed by atoms with Crippen molar-refractivity contribution >= 4 is 15.9 Å². The number of aliphatic hydroxyl groups is 1. The van der Waals surface area contributed by atoms with Crippen molar-refractivity contribution in [3.63, 3.8) is 0 Å². The number of likely N-dealkylation sites (N-methyl/N-ethyl adjacent to an activating group) is 1. The molecule has 1 rings (SSSR count). The van der Waals surface area contributed by atoms with E-state index in [4.69, 9.17) is 0 Å². The molecule has 0 aliphatic rings. The number of rotatable bonds is 3. The van der Waals surface area contributed by atoms with E-state index in [0.717, 1.165) is 0 Å². The zero-order valence-electron chi connectivity index (χ0n) is 8.51. The van der Waals surface area contributed by atoms with Crippen molar-refractivity contribution in [2.45, 2.75) is 13.0 Å². The standard InChI is InChI=1S/C10H13BrFNO2/c1-5-7(12)3-6(11)10(15)9(5)8(14)4-13-2/h3,8,13-15H,4H2,1-2H3. The number of benzene rings is 1. The van der Waals surface area contributed by atoms with Crippen LogP contribution in [0.4, 0.5) is 4.39 Å². The molecule has 0 radical (unpaired) electrons. The number of phenolic OH excluding ortho intramolecular Hbond substituents is 1. The van der Waals surface area contributed by atoms with Crippen LogP contribution in [0.25, 0.3) is 0 Å².